The third kappa shape index (κ3) is 41.7. The van der Waals surface area contributed by atoms with Gasteiger partial charge in [0, 0.05) is 12.8 Å². The second-order valence-electron chi connectivity index (χ2n) is 17.1. The highest BCUT2D eigenvalue weighted by Crippen LogP contribution is 2.14. The average molecular weight is 820 g/mol. The molecule has 0 saturated heterocycles. The maximum atomic E-state index is 12.8. The molecule has 0 radical (unpaired) electrons. The summed E-state index contributed by atoms with van der Waals surface area (Å²) in [7, 11) is 5.90. The molecule has 0 rings (SSSR count). The first-order valence-electron chi connectivity index (χ1n) is 23.6. The predicted molar refractivity (Wildman–Crippen MR) is 237 cm³/mol. The van der Waals surface area contributed by atoms with Crippen molar-refractivity contribution in [3.05, 3.63) is 36.5 Å². The lowest BCUT2D eigenvalue weighted by atomic mass is 10.1. The Hall–Kier alpha value is -2.49. The molecular weight excluding hydrogens is 731 g/mol. The minimum absolute atomic E-state index is 0.147. The molecule has 0 bridgehead atoms. The fourth-order valence-electron chi connectivity index (χ4n) is 6.42. The molecule has 0 fully saturated rings. The van der Waals surface area contributed by atoms with Crippen molar-refractivity contribution in [2.24, 2.45) is 0 Å². The van der Waals surface area contributed by atoms with Crippen LogP contribution in [-0.2, 0) is 33.3 Å². The van der Waals surface area contributed by atoms with Crippen LogP contribution < -0.4 is 5.11 Å². The molecule has 0 aliphatic heterocycles. The number of carbonyl (C=O) groups is 3. The Labute approximate surface area is 356 Å². The van der Waals surface area contributed by atoms with Gasteiger partial charge >= 0.3 is 11.9 Å². The predicted octanol–water partition coefficient (Wildman–Crippen LogP) is 11.3. The molecule has 0 saturated carbocycles. The van der Waals surface area contributed by atoms with E-state index in [0.29, 0.717) is 23.9 Å². The Kier molecular flexibility index (Phi) is 39.5. The smallest absolute Gasteiger partial charge is 0.306 e. The number of rotatable bonds is 43. The number of hydrogen-bond acceptors (Lipinski definition) is 8. The molecule has 0 N–H and O–H groups in total. The van der Waals surface area contributed by atoms with E-state index in [9.17, 15) is 19.5 Å². The second-order valence-corrected chi connectivity index (χ2v) is 17.1. The molecule has 0 heterocycles. The first-order valence-corrected chi connectivity index (χ1v) is 23.6. The number of allylic oxidation sites excluding steroid dienone is 6. The number of esters is 2. The van der Waals surface area contributed by atoms with Crippen LogP contribution in [0.2, 0.25) is 0 Å². The summed E-state index contributed by atoms with van der Waals surface area (Å²) in [5.41, 5.74) is 0. The molecule has 0 aromatic rings. The van der Waals surface area contributed by atoms with Crippen LogP contribution in [0.3, 0.4) is 0 Å². The normalized spacial score (nSPS) is 13.2. The topological polar surface area (TPSA) is 111 Å². The molecule has 0 aromatic carbocycles. The number of unbranched alkanes of at least 4 members (excludes halogenated alkanes) is 22. The highest BCUT2D eigenvalue weighted by molar-refractivity contribution is 5.70. The van der Waals surface area contributed by atoms with E-state index >= 15 is 0 Å². The number of aliphatic carboxylic acids is 1. The van der Waals surface area contributed by atoms with Crippen molar-refractivity contribution in [3.63, 3.8) is 0 Å². The number of likely N-dealkylation sites (N-methyl/N-ethyl adjacent to an activating group) is 1. The molecule has 2 unspecified atom stereocenters. The molecule has 338 valence electrons. The van der Waals surface area contributed by atoms with Gasteiger partial charge in [0.1, 0.15) is 13.2 Å². The van der Waals surface area contributed by atoms with Crippen LogP contribution in [0, 0.1) is 0 Å². The third-order valence-corrected chi connectivity index (χ3v) is 10.1. The number of ether oxygens (including phenoxy) is 4. The molecule has 0 amide bonds. The van der Waals surface area contributed by atoms with Gasteiger partial charge in [-0.3, -0.25) is 9.59 Å². The van der Waals surface area contributed by atoms with Crippen molar-refractivity contribution in [1.29, 1.82) is 0 Å². The van der Waals surface area contributed by atoms with Gasteiger partial charge in [-0.15, -0.1) is 0 Å². The Morgan fingerprint density at radius 2 is 0.931 bits per heavy atom. The Balaban J connectivity index is 4.33. The highest BCUT2D eigenvalue weighted by Gasteiger charge is 2.21. The van der Waals surface area contributed by atoms with Crippen LogP contribution in [0.1, 0.15) is 200 Å². The molecule has 2 atom stereocenters. The van der Waals surface area contributed by atoms with E-state index in [1.165, 1.54) is 109 Å². The highest BCUT2D eigenvalue weighted by atomic mass is 16.7. The summed E-state index contributed by atoms with van der Waals surface area (Å²) >= 11 is 0. The number of carboxylic acid groups (broad SMARTS) is 1. The van der Waals surface area contributed by atoms with Crippen molar-refractivity contribution in [2.45, 2.75) is 212 Å². The summed E-state index contributed by atoms with van der Waals surface area (Å²) in [6.45, 7) is 4.71. The first-order chi connectivity index (χ1) is 28.1. The van der Waals surface area contributed by atoms with Gasteiger partial charge in [0.05, 0.1) is 40.3 Å². The number of carboxylic acids is 1. The monoisotopic (exact) mass is 820 g/mol. The summed E-state index contributed by atoms with van der Waals surface area (Å²) in [6, 6.07) is 0. The summed E-state index contributed by atoms with van der Waals surface area (Å²) in [5, 5.41) is 11.7. The van der Waals surface area contributed by atoms with E-state index in [0.717, 1.165) is 57.8 Å². The maximum Gasteiger partial charge on any atom is 0.306 e. The Morgan fingerprint density at radius 3 is 1.38 bits per heavy atom. The fraction of sp³-hybridized carbons (Fsp3) is 0.816. The van der Waals surface area contributed by atoms with E-state index in [4.69, 9.17) is 18.9 Å². The zero-order valence-electron chi connectivity index (χ0n) is 38.2. The maximum absolute atomic E-state index is 12.8. The average Bonchev–Trinajstić information content (AvgIpc) is 3.18. The van der Waals surface area contributed by atoms with E-state index in [1.807, 2.05) is 21.1 Å². The van der Waals surface area contributed by atoms with Crippen LogP contribution in [-0.4, -0.2) is 82.3 Å². The van der Waals surface area contributed by atoms with Gasteiger partial charge in [-0.25, -0.2) is 0 Å². The summed E-state index contributed by atoms with van der Waals surface area (Å²) in [4.78, 5) is 36.9. The van der Waals surface area contributed by atoms with E-state index in [2.05, 4.69) is 50.3 Å². The molecule has 0 aromatic heterocycles. The lowest BCUT2D eigenvalue weighted by Crippen LogP contribution is -2.44. The van der Waals surface area contributed by atoms with Gasteiger partial charge in [-0.05, 0) is 51.4 Å². The largest absolute Gasteiger partial charge is 0.545 e. The van der Waals surface area contributed by atoms with Crippen LogP contribution >= 0.6 is 0 Å². The first kappa shape index (κ1) is 55.5. The lowest BCUT2D eigenvalue weighted by Gasteiger charge is -2.26. The van der Waals surface area contributed by atoms with Gasteiger partial charge in [0.15, 0.2) is 12.4 Å². The number of quaternary nitrogens is 1. The van der Waals surface area contributed by atoms with Crippen molar-refractivity contribution in [1.82, 2.24) is 0 Å². The fourth-order valence-corrected chi connectivity index (χ4v) is 6.42. The SMILES string of the molecule is CCCCCCC/C=C\C/C=C\C/C=C\CCCCCCCCCCC(=O)OC(COC(=O)CCCCCCCCCCCC)COC(OCC[N+](C)(C)C)C(=O)[O-]. The van der Waals surface area contributed by atoms with Crippen molar-refractivity contribution < 1.29 is 42.9 Å². The minimum atomic E-state index is -1.62. The van der Waals surface area contributed by atoms with E-state index < -0.39 is 24.3 Å². The van der Waals surface area contributed by atoms with Crippen LogP contribution in [0.4, 0.5) is 0 Å². The third-order valence-electron chi connectivity index (χ3n) is 10.1. The van der Waals surface area contributed by atoms with Gasteiger partial charge in [0.25, 0.3) is 0 Å². The summed E-state index contributed by atoms with van der Waals surface area (Å²) < 4.78 is 22.5. The van der Waals surface area contributed by atoms with Crippen LogP contribution in [0.5, 0.6) is 0 Å². The molecule has 0 spiro atoms. The number of hydrogen-bond donors (Lipinski definition) is 0. The van der Waals surface area contributed by atoms with Crippen molar-refractivity contribution in [3.8, 4) is 0 Å². The second kappa shape index (κ2) is 41.3. The van der Waals surface area contributed by atoms with E-state index in [1.54, 1.807) is 0 Å². The molecule has 0 aliphatic carbocycles. The quantitative estimate of drug-likeness (QED) is 0.0197. The van der Waals surface area contributed by atoms with Gasteiger partial charge in [-0.2, -0.15) is 0 Å². The van der Waals surface area contributed by atoms with Crippen LogP contribution in [0.15, 0.2) is 36.5 Å². The summed E-state index contributed by atoms with van der Waals surface area (Å²) in [6.07, 6.45) is 43.2. The Bertz CT molecular complexity index is 1050. The minimum Gasteiger partial charge on any atom is -0.545 e. The standard InChI is InChI=1S/C49H89NO8/c1-6-8-10-12-14-16-18-19-20-21-22-23-24-25-26-27-28-29-30-32-34-36-38-40-47(52)58-45(44-57-49(48(53)54)55-42-41-50(3,4)5)43-56-46(51)39-37-35-33-31-17-15-13-11-9-7-2/h18-19,21-22,24-25,45,49H,6-17,20,23,26-44H2,1-5H3/b19-18-,22-21-,25-24-. The lowest BCUT2D eigenvalue weighted by molar-refractivity contribution is -0.870. The van der Waals surface area contributed by atoms with Crippen LogP contribution in [0.25, 0.3) is 0 Å². The molecule has 9 heteroatoms. The molecule has 58 heavy (non-hydrogen) atoms. The van der Waals surface area contributed by atoms with Gasteiger partial charge in [0.2, 0.25) is 0 Å². The number of nitrogens with zero attached hydrogens (tertiary/aromatic N) is 1. The van der Waals surface area contributed by atoms with Crippen molar-refractivity contribution >= 4 is 17.9 Å². The number of carbonyl (C=O) groups excluding carboxylic acids is 3. The van der Waals surface area contributed by atoms with Gasteiger partial charge in [-0.1, -0.05) is 172 Å². The molecule has 0 aliphatic rings. The summed E-state index contributed by atoms with van der Waals surface area (Å²) in [5.74, 6) is -2.29. The van der Waals surface area contributed by atoms with E-state index in [-0.39, 0.29) is 32.2 Å². The Morgan fingerprint density at radius 1 is 0.517 bits per heavy atom. The zero-order chi connectivity index (χ0) is 42.8. The zero-order valence-corrected chi connectivity index (χ0v) is 38.2. The molecule has 9 nitrogen and oxygen atoms in total. The van der Waals surface area contributed by atoms with Gasteiger partial charge < -0.3 is 33.3 Å². The molecular formula is C49H89NO8. The van der Waals surface area contributed by atoms with Crippen molar-refractivity contribution in [2.75, 3.05) is 47.5 Å².